The number of hydrogen-bond donors (Lipinski definition) is 1. The zero-order valence-corrected chi connectivity index (χ0v) is 22.9. The average Bonchev–Trinajstić information content (AvgIpc) is 2.99. The van der Waals surface area contributed by atoms with Crippen LogP contribution < -0.4 is 19.5 Å². The van der Waals surface area contributed by atoms with Gasteiger partial charge in [-0.2, -0.15) is 0 Å². The molecule has 0 saturated heterocycles. The van der Waals surface area contributed by atoms with Crippen LogP contribution in [0.1, 0.15) is 41.4 Å². The third-order valence-electron chi connectivity index (χ3n) is 7.66. The molecule has 3 atom stereocenters. The van der Waals surface area contributed by atoms with Crippen LogP contribution in [0, 0.1) is 5.92 Å². The number of nitrogens with one attached hydrogen (secondary N) is 1. The molecule has 1 heterocycles. The molecule has 1 aliphatic heterocycles. The first-order chi connectivity index (χ1) is 19.4. The van der Waals surface area contributed by atoms with E-state index >= 15 is 0 Å². The number of Topliss-reactive ketones (excluding diaryl/α,β-unsaturated/α-hetero) is 1. The quantitative estimate of drug-likeness (QED) is 0.369. The molecule has 0 radical (unpaired) electrons. The van der Waals surface area contributed by atoms with E-state index in [0.29, 0.717) is 48.0 Å². The lowest BCUT2D eigenvalue weighted by Gasteiger charge is -2.40. The molecule has 3 aromatic carbocycles. The predicted molar refractivity (Wildman–Crippen MR) is 151 cm³/mol. The predicted octanol–water partition coefficient (Wildman–Crippen LogP) is 5.67. The van der Waals surface area contributed by atoms with Crippen LogP contribution in [0.5, 0.6) is 17.2 Å². The molecule has 3 unspecified atom stereocenters. The maximum atomic E-state index is 14.0. The average molecular weight is 540 g/mol. The fraction of sp³-hybridized carbons (Fsp3) is 0.273. The van der Waals surface area contributed by atoms with Gasteiger partial charge in [0.05, 0.1) is 21.3 Å². The standard InChI is InChI=1S/C33H33NO6/c1-20-30(33(36)39-4)31(24-12-8-9-13-27(24)40-19-21-10-6-5-7-11-21)32-25(34-20)16-23(17-26(32)35)22-14-15-28(37-2)29(18-22)38-3/h5-15,18,23,30-31,34H,1,16-17,19H2,2-4H3. The Balaban J connectivity index is 1.55. The highest BCUT2D eigenvalue weighted by atomic mass is 16.5. The lowest BCUT2D eigenvalue weighted by Crippen LogP contribution is -2.42. The number of ether oxygens (including phenoxy) is 4. The number of methoxy groups -OCH3 is 3. The maximum Gasteiger partial charge on any atom is 0.315 e. The van der Waals surface area contributed by atoms with E-state index in [-0.39, 0.29) is 11.7 Å². The fourth-order valence-electron chi connectivity index (χ4n) is 5.74. The molecule has 40 heavy (non-hydrogen) atoms. The van der Waals surface area contributed by atoms with Crippen LogP contribution in [0.15, 0.2) is 96.3 Å². The van der Waals surface area contributed by atoms with Crippen molar-refractivity contribution in [2.24, 2.45) is 5.92 Å². The summed E-state index contributed by atoms with van der Waals surface area (Å²) in [6.07, 6.45) is 0.868. The van der Waals surface area contributed by atoms with Crippen molar-refractivity contribution in [3.05, 3.63) is 113 Å². The van der Waals surface area contributed by atoms with Gasteiger partial charge >= 0.3 is 5.97 Å². The molecule has 0 spiro atoms. The molecule has 1 N–H and O–H groups in total. The summed E-state index contributed by atoms with van der Waals surface area (Å²) in [4.78, 5) is 27.1. The summed E-state index contributed by atoms with van der Waals surface area (Å²) < 4.78 is 22.3. The van der Waals surface area contributed by atoms with Crippen LogP contribution in [-0.2, 0) is 20.9 Å². The topological polar surface area (TPSA) is 83.1 Å². The van der Waals surface area contributed by atoms with Crippen LogP contribution in [-0.4, -0.2) is 33.1 Å². The van der Waals surface area contributed by atoms with Crippen molar-refractivity contribution in [1.29, 1.82) is 0 Å². The van der Waals surface area contributed by atoms with Gasteiger partial charge in [-0.1, -0.05) is 61.2 Å². The van der Waals surface area contributed by atoms with E-state index in [1.165, 1.54) is 7.11 Å². The molecule has 0 fully saturated rings. The van der Waals surface area contributed by atoms with Crippen LogP contribution >= 0.6 is 0 Å². The smallest absolute Gasteiger partial charge is 0.315 e. The molecule has 7 nitrogen and oxygen atoms in total. The summed E-state index contributed by atoms with van der Waals surface area (Å²) >= 11 is 0. The van der Waals surface area contributed by atoms with Crippen molar-refractivity contribution in [2.75, 3.05) is 21.3 Å². The minimum absolute atomic E-state index is 0.0298. The fourth-order valence-corrected chi connectivity index (χ4v) is 5.74. The van der Waals surface area contributed by atoms with Gasteiger partial charge in [0.15, 0.2) is 17.3 Å². The Kier molecular flexibility index (Phi) is 7.91. The monoisotopic (exact) mass is 539 g/mol. The molecule has 206 valence electrons. The number of para-hydroxylation sites is 1. The van der Waals surface area contributed by atoms with Crippen molar-refractivity contribution in [1.82, 2.24) is 5.32 Å². The van der Waals surface area contributed by atoms with E-state index in [4.69, 9.17) is 18.9 Å². The van der Waals surface area contributed by atoms with Crippen molar-refractivity contribution >= 4 is 11.8 Å². The number of benzene rings is 3. The number of carbonyl (C=O) groups excluding carboxylic acids is 2. The molecule has 0 aromatic heterocycles. The third-order valence-corrected chi connectivity index (χ3v) is 7.66. The van der Waals surface area contributed by atoms with Crippen LogP contribution in [0.4, 0.5) is 0 Å². The summed E-state index contributed by atoms with van der Waals surface area (Å²) in [6, 6.07) is 23.2. The first-order valence-electron chi connectivity index (χ1n) is 13.2. The second-order valence-electron chi connectivity index (χ2n) is 9.98. The summed E-state index contributed by atoms with van der Waals surface area (Å²) in [6.45, 7) is 4.55. The largest absolute Gasteiger partial charge is 0.493 e. The Morgan fingerprint density at radius 3 is 2.35 bits per heavy atom. The van der Waals surface area contributed by atoms with Crippen molar-refractivity contribution < 1.29 is 28.5 Å². The minimum Gasteiger partial charge on any atom is -0.493 e. The second-order valence-corrected chi connectivity index (χ2v) is 9.98. The van der Waals surface area contributed by atoms with Gasteiger partial charge in [0, 0.05) is 34.9 Å². The van der Waals surface area contributed by atoms with Crippen LogP contribution in [0.3, 0.4) is 0 Å². The SMILES string of the molecule is C=C1NC2=C(C(=O)CC(c3ccc(OC)c(OC)c3)C2)C(c2ccccc2OCc2ccccc2)C1C(=O)OC. The number of allylic oxidation sites excluding steroid dienone is 2. The highest BCUT2D eigenvalue weighted by Gasteiger charge is 2.46. The number of hydrogen-bond acceptors (Lipinski definition) is 7. The first kappa shape index (κ1) is 27.1. The Labute approximate surface area is 234 Å². The molecular weight excluding hydrogens is 506 g/mol. The van der Waals surface area contributed by atoms with E-state index in [0.717, 1.165) is 22.4 Å². The first-order valence-corrected chi connectivity index (χ1v) is 13.2. The number of ketones is 1. The highest BCUT2D eigenvalue weighted by Crippen LogP contribution is 2.49. The zero-order chi connectivity index (χ0) is 28.2. The van der Waals surface area contributed by atoms with E-state index in [1.54, 1.807) is 14.2 Å². The molecule has 2 aliphatic rings. The summed E-state index contributed by atoms with van der Waals surface area (Å²) in [5, 5.41) is 3.31. The number of carbonyl (C=O) groups is 2. The zero-order valence-electron chi connectivity index (χ0n) is 22.9. The van der Waals surface area contributed by atoms with Gasteiger partial charge in [0.2, 0.25) is 0 Å². The lowest BCUT2D eigenvalue weighted by molar-refractivity contribution is -0.144. The van der Waals surface area contributed by atoms with Gasteiger partial charge in [-0.25, -0.2) is 0 Å². The van der Waals surface area contributed by atoms with Crippen molar-refractivity contribution in [2.45, 2.75) is 31.3 Å². The molecule has 0 bridgehead atoms. The van der Waals surface area contributed by atoms with E-state index in [2.05, 4.69) is 11.9 Å². The van der Waals surface area contributed by atoms with Gasteiger partial charge in [-0.15, -0.1) is 0 Å². The van der Waals surface area contributed by atoms with Crippen LogP contribution in [0.2, 0.25) is 0 Å². The molecule has 3 aromatic rings. The van der Waals surface area contributed by atoms with E-state index in [9.17, 15) is 9.59 Å². The normalized spacial score (nSPS) is 20.3. The molecule has 7 heteroatoms. The van der Waals surface area contributed by atoms with Crippen LogP contribution in [0.25, 0.3) is 0 Å². The van der Waals surface area contributed by atoms with Gasteiger partial charge < -0.3 is 24.3 Å². The molecule has 0 saturated carbocycles. The summed E-state index contributed by atoms with van der Waals surface area (Å²) in [5.41, 5.74) is 4.58. The van der Waals surface area contributed by atoms with Crippen molar-refractivity contribution in [3.63, 3.8) is 0 Å². The lowest BCUT2D eigenvalue weighted by atomic mass is 9.69. The molecule has 5 rings (SSSR count). The Morgan fingerprint density at radius 1 is 0.900 bits per heavy atom. The van der Waals surface area contributed by atoms with Crippen molar-refractivity contribution in [3.8, 4) is 17.2 Å². The van der Waals surface area contributed by atoms with E-state index in [1.807, 2.05) is 72.8 Å². The minimum atomic E-state index is -0.785. The Morgan fingerprint density at radius 2 is 1.62 bits per heavy atom. The second kappa shape index (κ2) is 11.7. The molecule has 1 aliphatic carbocycles. The van der Waals surface area contributed by atoms with Gasteiger partial charge in [-0.05, 0) is 41.7 Å². The van der Waals surface area contributed by atoms with E-state index < -0.39 is 17.8 Å². The summed E-state index contributed by atoms with van der Waals surface area (Å²) in [7, 11) is 4.54. The number of rotatable bonds is 8. The summed E-state index contributed by atoms with van der Waals surface area (Å²) in [5.74, 6) is -0.0897. The third kappa shape index (κ3) is 5.19. The Hall–Kier alpha value is -4.52. The highest BCUT2D eigenvalue weighted by molar-refractivity contribution is 6.01. The van der Waals surface area contributed by atoms with Gasteiger partial charge in [-0.3, -0.25) is 9.59 Å². The van der Waals surface area contributed by atoms with Gasteiger partial charge in [0.25, 0.3) is 0 Å². The molecule has 0 amide bonds. The Bertz CT molecular complexity index is 1460. The maximum absolute atomic E-state index is 14.0. The molecular formula is C33H33NO6. The van der Waals surface area contributed by atoms with Gasteiger partial charge in [0.1, 0.15) is 18.3 Å². The number of esters is 1.